The zero-order valence-electron chi connectivity index (χ0n) is 11.4. The van der Waals surface area contributed by atoms with Crippen LogP contribution in [0.15, 0.2) is 0 Å². The molecule has 3 unspecified atom stereocenters. The quantitative estimate of drug-likeness (QED) is 0.699. The average Bonchev–Trinajstić information content (AvgIpc) is 2.13. The second kappa shape index (κ2) is 5.41. The van der Waals surface area contributed by atoms with Crippen molar-refractivity contribution in [3.63, 3.8) is 0 Å². The lowest BCUT2D eigenvalue weighted by Crippen LogP contribution is -2.38. The van der Waals surface area contributed by atoms with Crippen molar-refractivity contribution in [3.8, 4) is 0 Å². The van der Waals surface area contributed by atoms with Gasteiger partial charge in [-0.05, 0) is 43.4 Å². The highest BCUT2D eigenvalue weighted by Crippen LogP contribution is 2.37. The number of hydrogen-bond donors (Lipinski definition) is 0. The Hall–Kier alpha value is -0.530. The summed E-state index contributed by atoms with van der Waals surface area (Å²) in [5.74, 6) is 2.22. The molecule has 0 bridgehead atoms. The van der Waals surface area contributed by atoms with E-state index in [-0.39, 0.29) is 18.0 Å². The molecule has 0 aromatic rings. The Morgan fingerprint density at radius 1 is 1.18 bits per heavy atom. The molecule has 0 aromatic heterocycles. The lowest BCUT2D eigenvalue weighted by atomic mass is 9.75. The predicted molar refractivity (Wildman–Crippen MR) is 68.6 cm³/mol. The first-order valence-corrected chi connectivity index (χ1v) is 7.28. The monoisotopic (exact) mass is 238 g/mol. The van der Waals surface area contributed by atoms with Gasteiger partial charge in [-0.3, -0.25) is 4.79 Å². The van der Waals surface area contributed by atoms with Gasteiger partial charge in [-0.2, -0.15) is 0 Å². The van der Waals surface area contributed by atoms with Crippen LogP contribution >= 0.6 is 0 Å². The predicted octanol–water partition coefficient (Wildman–Crippen LogP) is 3.79. The molecule has 2 nitrogen and oxygen atoms in total. The summed E-state index contributed by atoms with van der Waals surface area (Å²) in [6.45, 7) is 6.79. The van der Waals surface area contributed by atoms with Crippen LogP contribution < -0.4 is 0 Å². The van der Waals surface area contributed by atoms with Gasteiger partial charge >= 0.3 is 5.97 Å². The maximum Gasteiger partial charge on any atom is 0.309 e. The van der Waals surface area contributed by atoms with Crippen LogP contribution in [0.1, 0.15) is 59.3 Å². The van der Waals surface area contributed by atoms with Crippen molar-refractivity contribution in [3.05, 3.63) is 0 Å². The Morgan fingerprint density at radius 2 is 1.88 bits per heavy atom. The molecule has 2 aliphatic carbocycles. The van der Waals surface area contributed by atoms with E-state index in [4.69, 9.17) is 4.74 Å². The van der Waals surface area contributed by atoms with E-state index in [0.717, 1.165) is 19.3 Å². The first kappa shape index (κ1) is 12.9. The highest BCUT2D eigenvalue weighted by Gasteiger charge is 2.36. The minimum absolute atomic E-state index is 0.0843. The molecule has 0 N–H and O–H groups in total. The van der Waals surface area contributed by atoms with Crippen molar-refractivity contribution < 1.29 is 9.53 Å². The molecule has 2 rings (SSSR count). The van der Waals surface area contributed by atoms with Crippen molar-refractivity contribution in [1.29, 1.82) is 0 Å². The van der Waals surface area contributed by atoms with Gasteiger partial charge in [0.15, 0.2) is 0 Å². The molecule has 98 valence electrons. The zero-order valence-corrected chi connectivity index (χ0v) is 11.4. The van der Waals surface area contributed by atoms with Crippen LogP contribution in [0.25, 0.3) is 0 Å². The molecule has 0 heterocycles. The van der Waals surface area contributed by atoms with E-state index in [9.17, 15) is 4.79 Å². The van der Waals surface area contributed by atoms with Gasteiger partial charge in [-0.1, -0.05) is 33.6 Å². The molecule has 0 aliphatic heterocycles. The van der Waals surface area contributed by atoms with Crippen molar-refractivity contribution in [2.24, 2.45) is 23.7 Å². The van der Waals surface area contributed by atoms with Crippen LogP contribution in [0.4, 0.5) is 0 Å². The minimum atomic E-state index is 0.0843. The van der Waals surface area contributed by atoms with Crippen LogP contribution in [0.5, 0.6) is 0 Å². The number of carbonyl (C=O) groups excluding carboxylic acids is 1. The highest BCUT2D eigenvalue weighted by atomic mass is 16.5. The summed E-state index contributed by atoms with van der Waals surface area (Å²) in [7, 11) is 0. The Bertz CT molecular complexity index is 268. The Kier molecular flexibility index (Phi) is 4.11. The number of hydrogen-bond acceptors (Lipinski definition) is 2. The van der Waals surface area contributed by atoms with Gasteiger partial charge in [-0.25, -0.2) is 0 Å². The molecular weight excluding hydrogens is 212 g/mol. The SMILES string of the molecule is CC1CCC(C(C)C)C(OC(=O)C2CCC2)C1. The summed E-state index contributed by atoms with van der Waals surface area (Å²) in [5, 5.41) is 0. The standard InChI is InChI=1S/C15H26O2/c1-10(2)13-8-7-11(3)9-14(13)17-15(16)12-5-4-6-12/h10-14H,4-9H2,1-3H3. The van der Waals surface area contributed by atoms with Crippen LogP contribution in [0.3, 0.4) is 0 Å². The minimum Gasteiger partial charge on any atom is -0.462 e. The summed E-state index contributed by atoms with van der Waals surface area (Å²) in [6, 6.07) is 0. The fraction of sp³-hybridized carbons (Fsp3) is 0.933. The molecule has 0 spiro atoms. The third kappa shape index (κ3) is 3.02. The first-order valence-electron chi connectivity index (χ1n) is 7.28. The second-order valence-electron chi connectivity index (χ2n) is 6.43. The number of ether oxygens (including phenoxy) is 1. The van der Waals surface area contributed by atoms with Gasteiger partial charge in [0, 0.05) is 0 Å². The molecule has 17 heavy (non-hydrogen) atoms. The van der Waals surface area contributed by atoms with Crippen molar-refractivity contribution in [1.82, 2.24) is 0 Å². The van der Waals surface area contributed by atoms with Crippen LogP contribution in [0, 0.1) is 23.7 Å². The Morgan fingerprint density at radius 3 is 2.41 bits per heavy atom. The van der Waals surface area contributed by atoms with Gasteiger partial charge in [0.25, 0.3) is 0 Å². The van der Waals surface area contributed by atoms with Gasteiger partial charge in [-0.15, -0.1) is 0 Å². The van der Waals surface area contributed by atoms with Crippen LogP contribution in [-0.4, -0.2) is 12.1 Å². The molecule has 0 amide bonds. The van der Waals surface area contributed by atoms with E-state index in [2.05, 4.69) is 20.8 Å². The largest absolute Gasteiger partial charge is 0.462 e. The summed E-state index contributed by atoms with van der Waals surface area (Å²) < 4.78 is 5.80. The zero-order chi connectivity index (χ0) is 12.4. The highest BCUT2D eigenvalue weighted by molar-refractivity contribution is 5.73. The van der Waals surface area contributed by atoms with Gasteiger partial charge in [0.2, 0.25) is 0 Å². The molecule has 0 aromatic carbocycles. The van der Waals surface area contributed by atoms with E-state index < -0.39 is 0 Å². The topological polar surface area (TPSA) is 26.3 Å². The summed E-state index contributed by atoms with van der Waals surface area (Å²) in [5.41, 5.74) is 0. The number of carbonyl (C=O) groups is 1. The van der Waals surface area contributed by atoms with Crippen molar-refractivity contribution >= 4 is 5.97 Å². The van der Waals surface area contributed by atoms with Gasteiger partial charge in [0.05, 0.1) is 5.92 Å². The Balaban J connectivity index is 1.92. The lowest BCUT2D eigenvalue weighted by Gasteiger charge is -2.38. The summed E-state index contributed by atoms with van der Waals surface area (Å²) in [4.78, 5) is 11.9. The molecule has 0 radical (unpaired) electrons. The molecule has 2 fully saturated rings. The van der Waals surface area contributed by atoms with Crippen molar-refractivity contribution in [2.75, 3.05) is 0 Å². The van der Waals surface area contributed by atoms with E-state index in [1.807, 2.05) is 0 Å². The third-order valence-electron chi connectivity index (χ3n) is 4.67. The summed E-state index contributed by atoms with van der Waals surface area (Å²) >= 11 is 0. The molecule has 2 heteroatoms. The van der Waals surface area contributed by atoms with Crippen LogP contribution in [0.2, 0.25) is 0 Å². The van der Waals surface area contributed by atoms with E-state index in [0.29, 0.717) is 17.8 Å². The second-order valence-corrected chi connectivity index (χ2v) is 6.43. The van der Waals surface area contributed by atoms with E-state index in [1.54, 1.807) is 0 Å². The fourth-order valence-corrected chi connectivity index (χ4v) is 3.14. The third-order valence-corrected chi connectivity index (χ3v) is 4.67. The number of rotatable bonds is 3. The Labute approximate surface area is 105 Å². The summed E-state index contributed by atoms with van der Waals surface area (Å²) in [6.07, 6.45) is 7.07. The molecule has 2 aliphatic rings. The van der Waals surface area contributed by atoms with E-state index >= 15 is 0 Å². The maximum absolute atomic E-state index is 11.9. The maximum atomic E-state index is 11.9. The molecule has 0 saturated heterocycles. The van der Waals surface area contributed by atoms with Gasteiger partial charge < -0.3 is 4.74 Å². The van der Waals surface area contributed by atoms with Crippen LogP contribution in [-0.2, 0) is 9.53 Å². The van der Waals surface area contributed by atoms with Crippen molar-refractivity contribution in [2.45, 2.75) is 65.4 Å². The lowest BCUT2D eigenvalue weighted by molar-refractivity contribution is -0.163. The fourth-order valence-electron chi connectivity index (χ4n) is 3.14. The average molecular weight is 238 g/mol. The normalized spacial score (nSPS) is 34.5. The van der Waals surface area contributed by atoms with E-state index in [1.165, 1.54) is 19.3 Å². The smallest absolute Gasteiger partial charge is 0.309 e. The number of esters is 1. The molecular formula is C15H26O2. The van der Waals surface area contributed by atoms with Gasteiger partial charge in [0.1, 0.15) is 6.10 Å². The molecule has 2 saturated carbocycles. The molecule has 3 atom stereocenters. The first-order chi connectivity index (χ1) is 8.08.